The van der Waals surface area contributed by atoms with Crippen molar-refractivity contribution in [3.63, 3.8) is 0 Å². The molecular weight excluding hydrogens is 272 g/mol. The quantitative estimate of drug-likeness (QED) is 0.897. The molecule has 1 fully saturated rings. The lowest BCUT2D eigenvalue weighted by Crippen LogP contribution is -2.49. The maximum Gasteiger partial charge on any atom is 0.326 e. The number of methoxy groups -OCH3 is 1. The number of aryl methyl sites for hydroxylation is 1. The topological polar surface area (TPSA) is 78.9 Å². The molecule has 6 heteroatoms. The van der Waals surface area contributed by atoms with E-state index < -0.39 is 18.0 Å². The van der Waals surface area contributed by atoms with Crippen LogP contribution in [0.1, 0.15) is 24.8 Å². The van der Waals surface area contributed by atoms with Crippen LogP contribution in [-0.2, 0) is 4.79 Å². The minimum atomic E-state index is -0.957. The summed E-state index contributed by atoms with van der Waals surface area (Å²) in [5.74, 6) is -0.404. The summed E-state index contributed by atoms with van der Waals surface area (Å²) in [4.78, 5) is 25.0. The maximum atomic E-state index is 12.4. The van der Waals surface area contributed by atoms with Crippen molar-refractivity contribution in [2.24, 2.45) is 0 Å². The number of hydrogen-bond donors (Lipinski definition) is 2. The van der Waals surface area contributed by atoms with Crippen LogP contribution in [0.25, 0.3) is 0 Å². The summed E-state index contributed by atoms with van der Waals surface area (Å²) in [6.07, 6.45) is 2.14. The Hall–Kier alpha value is -2.24. The zero-order valence-corrected chi connectivity index (χ0v) is 12.3. The highest BCUT2D eigenvalue weighted by Gasteiger charge is 2.32. The summed E-state index contributed by atoms with van der Waals surface area (Å²) in [5, 5.41) is 12.0. The van der Waals surface area contributed by atoms with E-state index in [0.29, 0.717) is 24.4 Å². The van der Waals surface area contributed by atoms with Crippen molar-refractivity contribution >= 4 is 17.7 Å². The first-order chi connectivity index (χ1) is 10.0. The third-order valence-electron chi connectivity index (χ3n) is 3.65. The van der Waals surface area contributed by atoms with Gasteiger partial charge in [-0.25, -0.2) is 9.59 Å². The van der Waals surface area contributed by atoms with Crippen LogP contribution >= 0.6 is 0 Å². The predicted molar refractivity (Wildman–Crippen MR) is 78.7 cm³/mol. The average Bonchev–Trinajstić information content (AvgIpc) is 2.47. The smallest absolute Gasteiger partial charge is 0.326 e. The zero-order valence-electron chi connectivity index (χ0n) is 12.3. The van der Waals surface area contributed by atoms with Crippen molar-refractivity contribution in [3.05, 3.63) is 23.8 Å². The van der Waals surface area contributed by atoms with E-state index in [2.05, 4.69) is 5.32 Å². The molecule has 1 unspecified atom stereocenters. The van der Waals surface area contributed by atoms with E-state index in [1.165, 1.54) is 12.0 Å². The van der Waals surface area contributed by atoms with Crippen LogP contribution in [0.4, 0.5) is 10.5 Å². The summed E-state index contributed by atoms with van der Waals surface area (Å²) < 4.78 is 5.21. The number of urea groups is 1. The fraction of sp³-hybridized carbons (Fsp3) is 0.467. The van der Waals surface area contributed by atoms with Crippen molar-refractivity contribution in [1.82, 2.24) is 4.90 Å². The van der Waals surface area contributed by atoms with Gasteiger partial charge in [-0.15, -0.1) is 0 Å². The van der Waals surface area contributed by atoms with Gasteiger partial charge >= 0.3 is 12.0 Å². The van der Waals surface area contributed by atoms with Gasteiger partial charge in [0.05, 0.1) is 12.8 Å². The second-order valence-electron chi connectivity index (χ2n) is 5.18. The van der Waals surface area contributed by atoms with Gasteiger partial charge in [0, 0.05) is 6.54 Å². The molecule has 21 heavy (non-hydrogen) atoms. The molecule has 1 heterocycles. The first-order valence-corrected chi connectivity index (χ1v) is 6.98. The average molecular weight is 292 g/mol. The second-order valence-corrected chi connectivity index (χ2v) is 5.18. The number of piperidine rings is 1. The normalized spacial score (nSPS) is 18.2. The number of benzene rings is 1. The van der Waals surface area contributed by atoms with Gasteiger partial charge in [0.15, 0.2) is 0 Å². The molecule has 2 amide bonds. The van der Waals surface area contributed by atoms with Gasteiger partial charge in [0.25, 0.3) is 0 Å². The number of amides is 2. The number of carboxylic acids is 1. The van der Waals surface area contributed by atoms with Crippen LogP contribution in [0.2, 0.25) is 0 Å². The number of nitrogens with zero attached hydrogens (tertiary/aromatic N) is 1. The van der Waals surface area contributed by atoms with E-state index in [1.54, 1.807) is 12.1 Å². The minimum absolute atomic E-state index is 0.397. The number of anilines is 1. The molecule has 1 saturated heterocycles. The number of ether oxygens (including phenoxy) is 1. The second kappa shape index (κ2) is 6.47. The number of rotatable bonds is 3. The highest BCUT2D eigenvalue weighted by Crippen LogP contribution is 2.26. The molecule has 0 spiro atoms. The molecule has 0 saturated carbocycles. The molecule has 1 aromatic carbocycles. The van der Waals surface area contributed by atoms with E-state index in [1.807, 2.05) is 13.0 Å². The van der Waals surface area contributed by atoms with Crippen LogP contribution < -0.4 is 10.1 Å². The van der Waals surface area contributed by atoms with Crippen LogP contribution in [0.5, 0.6) is 5.75 Å². The molecule has 114 valence electrons. The minimum Gasteiger partial charge on any atom is -0.495 e. The SMILES string of the molecule is COc1ccc(C)cc1NC(=O)N1CCCCC1C(=O)O. The molecule has 0 radical (unpaired) electrons. The third kappa shape index (κ3) is 3.45. The molecule has 0 bridgehead atoms. The summed E-state index contributed by atoms with van der Waals surface area (Å²) in [6, 6.07) is 4.31. The number of carboxylic acid groups (broad SMARTS) is 1. The highest BCUT2D eigenvalue weighted by molar-refractivity contribution is 5.93. The fourth-order valence-electron chi connectivity index (χ4n) is 2.54. The Bertz CT molecular complexity index is 544. The van der Waals surface area contributed by atoms with Gasteiger partial charge in [-0.3, -0.25) is 0 Å². The van der Waals surface area contributed by atoms with Gasteiger partial charge in [0.1, 0.15) is 11.8 Å². The zero-order chi connectivity index (χ0) is 15.4. The molecule has 2 rings (SSSR count). The molecule has 0 aliphatic carbocycles. The van der Waals surface area contributed by atoms with Gasteiger partial charge in [-0.1, -0.05) is 6.07 Å². The van der Waals surface area contributed by atoms with Crippen molar-refractivity contribution < 1.29 is 19.4 Å². The monoisotopic (exact) mass is 292 g/mol. The number of likely N-dealkylation sites (tertiary alicyclic amines) is 1. The first kappa shape index (κ1) is 15.2. The third-order valence-corrected chi connectivity index (χ3v) is 3.65. The van der Waals surface area contributed by atoms with Crippen molar-refractivity contribution in [2.75, 3.05) is 19.0 Å². The summed E-state index contributed by atoms with van der Waals surface area (Å²) >= 11 is 0. The van der Waals surface area contributed by atoms with Crippen LogP contribution in [-0.4, -0.2) is 41.7 Å². The molecule has 2 N–H and O–H groups in total. The summed E-state index contributed by atoms with van der Waals surface area (Å²) in [7, 11) is 1.53. The molecule has 1 aromatic rings. The molecule has 0 aromatic heterocycles. The van der Waals surface area contributed by atoms with E-state index >= 15 is 0 Å². The van der Waals surface area contributed by atoms with Gasteiger partial charge in [0.2, 0.25) is 0 Å². The van der Waals surface area contributed by atoms with Crippen LogP contribution in [0.15, 0.2) is 18.2 Å². The Kier molecular flexibility index (Phi) is 4.67. The standard InChI is InChI=1S/C15H20N2O4/c1-10-6-7-13(21-2)11(9-10)16-15(20)17-8-4-3-5-12(17)14(18)19/h6-7,9,12H,3-5,8H2,1-2H3,(H,16,20)(H,18,19). The Morgan fingerprint density at radius 1 is 1.38 bits per heavy atom. The molecule has 1 aliphatic rings. The van der Waals surface area contributed by atoms with E-state index in [4.69, 9.17) is 4.74 Å². The Morgan fingerprint density at radius 3 is 2.81 bits per heavy atom. The van der Waals surface area contributed by atoms with Crippen molar-refractivity contribution in [3.8, 4) is 5.75 Å². The van der Waals surface area contributed by atoms with Crippen LogP contribution in [0.3, 0.4) is 0 Å². The molecule has 1 atom stereocenters. The summed E-state index contributed by atoms with van der Waals surface area (Å²) in [6.45, 7) is 2.37. The van der Waals surface area contributed by atoms with Crippen LogP contribution in [0, 0.1) is 6.92 Å². The van der Waals surface area contributed by atoms with E-state index in [-0.39, 0.29) is 0 Å². The predicted octanol–water partition coefficient (Wildman–Crippen LogP) is 2.47. The van der Waals surface area contributed by atoms with Crippen molar-refractivity contribution in [2.45, 2.75) is 32.2 Å². The molecular formula is C15H20N2O4. The Morgan fingerprint density at radius 2 is 2.14 bits per heavy atom. The Balaban J connectivity index is 2.16. The van der Waals surface area contributed by atoms with E-state index in [9.17, 15) is 14.7 Å². The molecule has 6 nitrogen and oxygen atoms in total. The number of carbonyl (C=O) groups excluding carboxylic acids is 1. The van der Waals surface area contributed by atoms with Crippen molar-refractivity contribution in [1.29, 1.82) is 0 Å². The lowest BCUT2D eigenvalue weighted by atomic mass is 10.0. The number of hydrogen-bond acceptors (Lipinski definition) is 3. The van der Waals surface area contributed by atoms with Gasteiger partial charge < -0.3 is 20.1 Å². The first-order valence-electron chi connectivity index (χ1n) is 6.98. The molecule has 1 aliphatic heterocycles. The maximum absolute atomic E-state index is 12.4. The van der Waals surface area contributed by atoms with E-state index in [0.717, 1.165) is 18.4 Å². The van der Waals surface area contributed by atoms with Gasteiger partial charge in [-0.2, -0.15) is 0 Å². The number of aliphatic carboxylic acids is 1. The Labute approximate surface area is 123 Å². The fourth-order valence-corrected chi connectivity index (χ4v) is 2.54. The highest BCUT2D eigenvalue weighted by atomic mass is 16.5. The number of nitrogens with one attached hydrogen (secondary N) is 1. The lowest BCUT2D eigenvalue weighted by Gasteiger charge is -2.33. The summed E-state index contributed by atoms with van der Waals surface area (Å²) in [5.41, 5.74) is 1.54. The largest absolute Gasteiger partial charge is 0.495 e. The van der Waals surface area contributed by atoms with Gasteiger partial charge in [-0.05, 0) is 43.9 Å². The lowest BCUT2D eigenvalue weighted by molar-refractivity contribution is -0.143. The number of carbonyl (C=O) groups is 2.